The lowest BCUT2D eigenvalue weighted by molar-refractivity contribution is 1.41. The number of rotatable bonds is 0. The minimum absolute atomic E-state index is 0.400. The highest BCUT2D eigenvalue weighted by molar-refractivity contribution is 6.33. The van der Waals surface area contributed by atoms with E-state index in [1.165, 1.54) is 0 Å². The predicted molar refractivity (Wildman–Crippen MR) is 38.9 cm³/mol. The lowest BCUT2D eigenvalue weighted by atomic mass is 10.2. The molecular weight excluding hydrogens is 134 g/mol. The van der Waals surface area contributed by atoms with Crippen LogP contribution >= 0.6 is 11.6 Å². The molecule has 0 aliphatic rings. The maximum absolute atomic E-state index is 7.23. The van der Waals surface area contributed by atoms with Gasteiger partial charge in [-0.05, 0) is 18.6 Å². The monoisotopic (exact) mass is 140 g/mol. The molecule has 0 amide bonds. The summed E-state index contributed by atoms with van der Waals surface area (Å²) in [6, 6.07) is 5.39. The van der Waals surface area contributed by atoms with Crippen LogP contribution in [0.4, 0.5) is 5.69 Å². The van der Waals surface area contributed by atoms with Gasteiger partial charge >= 0.3 is 0 Å². The second-order valence-electron chi connectivity index (χ2n) is 1.94. The predicted octanol–water partition coefficient (Wildman–Crippen LogP) is 2.56. The SMILES string of the molecule is Cc1cccc([NH])c1Cl. The Bertz CT molecular complexity index is 200. The molecular formula is C7H7ClN. The molecule has 0 aliphatic carbocycles. The molecule has 9 heavy (non-hydrogen) atoms. The molecule has 1 radical (unpaired) electrons. The van der Waals surface area contributed by atoms with Gasteiger partial charge in [0.15, 0.2) is 0 Å². The largest absolute Gasteiger partial charge is 0.299 e. The Hall–Kier alpha value is -0.690. The molecule has 0 bridgehead atoms. The van der Waals surface area contributed by atoms with E-state index in [0.717, 1.165) is 5.56 Å². The van der Waals surface area contributed by atoms with Crippen molar-refractivity contribution in [2.24, 2.45) is 0 Å². The second kappa shape index (κ2) is 2.28. The first-order valence-corrected chi connectivity index (χ1v) is 3.06. The normalized spacial score (nSPS) is 9.56. The van der Waals surface area contributed by atoms with Crippen molar-refractivity contribution in [1.82, 2.24) is 5.73 Å². The first kappa shape index (κ1) is 6.43. The average Bonchev–Trinajstić information content (AvgIpc) is 1.83. The van der Waals surface area contributed by atoms with Crippen LogP contribution in [0.3, 0.4) is 0 Å². The molecule has 0 aliphatic heterocycles. The van der Waals surface area contributed by atoms with Crippen molar-refractivity contribution >= 4 is 17.3 Å². The fourth-order valence-corrected chi connectivity index (χ4v) is 0.773. The number of aryl methyl sites for hydroxylation is 1. The molecule has 1 rings (SSSR count). The summed E-state index contributed by atoms with van der Waals surface area (Å²) in [5, 5.41) is 0.553. The van der Waals surface area contributed by atoms with Crippen LogP contribution in [0.15, 0.2) is 18.2 Å². The zero-order valence-electron chi connectivity index (χ0n) is 5.11. The van der Waals surface area contributed by atoms with Crippen LogP contribution in [0.1, 0.15) is 5.56 Å². The van der Waals surface area contributed by atoms with Gasteiger partial charge in [0.1, 0.15) is 0 Å². The van der Waals surface area contributed by atoms with Gasteiger partial charge in [0.25, 0.3) is 0 Å². The Morgan fingerprint density at radius 1 is 1.44 bits per heavy atom. The molecule has 1 N–H and O–H groups in total. The molecule has 2 heteroatoms. The fourth-order valence-electron chi connectivity index (χ4n) is 0.647. The van der Waals surface area contributed by atoms with E-state index < -0.39 is 0 Å². The molecule has 0 spiro atoms. The van der Waals surface area contributed by atoms with Crippen LogP contribution < -0.4 is 5.73 Å². The summed E-state index contributed by atoms with van der Waals surface area (Å²) in [5.74, 6) is 0. The summed E-state index contributed by atoms with van der Waals surface area (Å²) in [6.07, 6.45) is 0. The molecule has 1 aromatic carbocycles. The average molecular weight is 141 g/mol. The van der Waals surface area contributed by atoms with E-state index in [-0.39, 0.29) is 0 Å². The van der Waals surface area contributed by atoms with Crippen LogP contribution in [-0.4, -0.2) is 0 Å². The van der Waals surface area contributed by atoms with Gasteiger partial charge in [-0.1, -0.05) is 23.7 Å². The van der Waals surface area contributed by atoms with Crippen molar-refractivity contribution < 1.29 is 0 Å². The summed E-state index contributed by atoms with van der Waals surface area (Å²) in [7, 11) is 0. The van der Waals surface area contributed by atoms with Crippen LogP contribution in [0.5, 0.6) is 0 Å². The van der Waals surface area contributed by atoms with Gasteiger partial charge in [0, 0.05) is 0 Å². The summed E-state index contributed by atoms with van der Waals surface area (Å²) in [5.41, 5.74) is 8.59. The van der Waals surface area contributed by atoms with E-state index in [9.17, 15) is 0 Å². The van der Waals surface area contributed by atoms with E-state index in [0.29, 0.717) is 10.7 Å². The van der Waals surface area contributed by atoms with Gasteiger partial charge in [0.05, 0.1) is 10.7 Å². The summed E-state index contributed by atoms with van der Waals surface area (Å²) in [4.78, 5) is 0. The minimum atomic E-state index is 0.400. The zero-order valence-corrected chi connectivity index (χ0v) is 5.87. The number of hydrogen-bond acceptors (Lipinski definition) is 0. The summed E-state index contributed by atoms with van der Waals surface area (Å²) < 4.78 is 0. The van der Waals surface area contributed by atoms with Crippen LogP contribution in [0.25, 0.3) is 0 Å². The molecule has 0 heterocycles. The summed E-state index contributed by atoms with van der Waals surface area (Å²) in [6.45, 7) is 1.89. The number of nitrogens with one attached hydrogen (secondary N) is 1. The smallest absolute Gasteiger partial charge is 0.0728 e. The second-order valence-corrected chi connectivity index (χ2v) is 2.31. The standard InChI is InChI=1S/C7H7ClN/c1-5-3-2-4-6(9)7(5)8/h2-4,9H,1H3. The van der Waals surface area contributed by atoms with Crippen molar-refractivity contribution in [3.8, 4) is 0 Å². The Kier molecular flexibility index (Phi) is 1.63. The highest BCUT2D eigenvalue weighted by Gasteiger charge is 1.96. The third-order valence-corrected chi connectivity index (χ3v) is 1.69. The van der Waals surface area contributed by atoms with E-state index in [2.05, 4.69) is 0 Å². The maximum atomic E-state index is 7.23. The molecule has 0 unspecified atom stereocenters. The first-order valence-electron chi connectivity index (χ1n) is 2.68. The number of halogens is 1. The van der Waals surface area contributed by atoms with Crippen LogP contribution in [0.2, 0.25) is 5.02 Å². The van der Waals surface area contributed by atoms with Gasteiger partial charge in [-0.3, -0.25) is 5.73 Å². The highest BCUT2D eigenvalue weighted by atomic mass is 35.5. The minimum Gasteiger partial charge on any atom is -0.299 e. The molecule has 1 nitrogen and oxygen atoms in total. The van der Waals surface area contributed by atoms with Gasteiger partial charge in [-0.15, -0.1) is 0 Å². The number of hydrogen-bond donors (Lipinski definition) is 0. The van der Waals surface area contributed by atoms with Crippen LogP contribution in [0, 0.1) is 6.92 Å². The van der Waals surface area contributed by atoms with Gasteiger partial charge < -0.3 is 0 Å². The zero-order chi connectivity index (χ0) is 6.85. The van der Waals surface area contributed by atoms with Gasteiger partial charge in [-0.25, -0.2) is 0 Å². The van der Waals surface area contributed by atoms with Crippen molar-refractivity contribution in [2.45, 2.75) is 6.92 Å². The first-order chi connectivity index (χ1) is 4.22. The Morgan fingerprint density at radius 3 is 2.56 bits per heavy atom. The molecule has 47 valence electrons. The third kappa shape index (κ3) is 1.16. The van der Waals surface area contributed by atoms with E-state index in [1.54, 1.807) is 6.07 Å². The van der Waals surface area contributed by atoms with Crippen molar-refractivity contribution in [1.29, 1.82) is 0 Å². The topological polar surface area (TPSA) is 23.8 Å². The Balaban J connectivity index is 3.25. The molecule has 0 saturated heterocycles. The molecule has 0 aromatic heterocycles. The quantitative estimate of drug-likeness (QED) is 0.529. The molecule has 0 atom stereocenters. The molecule has 1 aromatic rings. The number of benzene rings is 1. The van der Waals surface area contributed by atoms with Gasteiger partial charge in [-0.2, -0.15) is 0 Å². The van der Waals surface area contributed by atoms with Gasteiger partial charge in [0.2, 0.25) is 0 Å². The molecule has 0 saturated carbocycles. The third-order valence-electron chi connectivity index (χ3n) is 1.19. The van der Waals surface area contributed by atoms with Crippen LogP contribution in [-0.2, 0) is 0 Å². The van der Waals surface area contributed by atoms with E-state index in [4.69, 9.17) is 17.3 Å². The van der Waals surface area contributed by atoms with Crippen molar-refractivity contribution in [3.63, 3.8) is 0 Å². The van der Waals surface area contributed by atoms with E-state index in [1.807, 2.05) is 19.1 Å². The lowest BCUT2D eigenvalue weighted by Crippen LogP contribution is -1.75. The lowest BCUT2D eigenvalue weighted by Gasteiger charge is -1.97. The highest BCUT2D eigenvalue weighted by Crippen LogP contribution is 2.22. The molecule has 0 fully saturated rings. The fraction of sp³-hybridized carbons (Fsp3) is 0.143. The maximum Gasteiger partial charge on any atom is 0.0728 e. The van der Waals surface area contributed by atoms with Crippen molar-refractivity contribution in [3.05, 3.63) is 28.8 Å². The summed E-state index contributed by atoms with van der Waals surface area (Å²) >= 11 is 5.69. The Labute approximate surface area is 59.4 Å². The van der Waals surface area contributed by atoms with Crippen molar-refractivity contribution in [2.75, 3.05) is 0 Å². The Morgan fingerprint density at radius 2 is 2.11 bits per heavy atom. The van der Waals surface area contributed by atoms with E-state index >= 15 is 0 Å².